The van der Waals surface area contributed by atoms with Crippen molar-refractivity contribution < 1.29 is 9.90 Å². The Balaban J connectivity index is 1.85. The molecule has 104 valence electrons. The third-order valence-electron chi connectivity index (χ3n) is 3.47. The van der Waals surface area contributed by atoms with Crippen LogP contribution in [0.3, 0.4) is 0 Å². The Morgan fingerprint density at radius 2 is 2.00 bits per heavy atom. The molecule has 0 aliphatic heterocycles. The fraction of sp³-hybridized carbons (Fsp3) is 0.636. The Kier molecular flexibility index (Phi) is 3.98. The first kappa shape index (κ1) is 13.3. The van der Waals surface area contributed by atoms with Crippen molar-refractivity contribution in [2.45, 2.75) is 25.7 Å². The maximum absolute atomic E-state index is 11.4. The topological polar surface area (TPSA) is 128 Å². The highest BCUT2D eigenvalue weighted by atomic mass is 16.4. The molecule has 1 aliphatic carbocycles. The minimum atomic E-state index is -0.731. The van der Waals surface area contributed by atoms with Gasteiger partial charge in [-0.3, -0.25) is 14.6 Å². The first-order valence-electron chi connectivity index (χ1n) is 6.22. The van der Waals surface area contributed by atoms with E-state index in [1.165, 1.54) is 0 Å². The number of H-pyrrole nitrogens is 2. The van der Waals surface area contributed by atoms with Crippen LogP contribution in [0.5, 0.6) is 0 Å². The number of carboxylic acids is 1. The summed E-state index contributed by atoms with van der Waals surface area (Å²) in [5.41, 5.74) is -1.19. The van der Waals surface area contributed by atoms with Crippen LogP contribution in [0.15, 0.2) is 9.59 Å². The quantitative estimate of drug-likeness (QED) is 0.596. The van der Waals surface area contributed by atoms with Gasteiger partial charge in [0, 0.05) is 6.54 Å². The van der Waals surface area contributed by atoms with Crippen LogP contribution in [0, 0.1) is 11.8 Å². The van der Waals surface area contributed by atoms with Crippen LogP contribution in [-0.2, 0) is 4.79 Å². The molecule has 4 N–H and O–H groups in total. The van der Waals surface area contributed by atoms with E-state index in [0.717, 1.165) is 12.8 Å². The number of anilines is 1. The number of hydrogen-bond donors (Lipinski definition) is 4. The van der Waals surface area contributed by atoms with Gasteiger partial charge in [0.1, 0.15) is 0 Å². The van der Waals surface area contributed by atoms with Gasteiger partial charge < -0.3 is 10.4 Å². The molecule has 0 saturated heterocycles. The predicted octanol–water partition coefficient (Wildman–Crippen LogP) is -0.239. The molecular weight excluding hydrogens is 252 g/mol. The van der Waals surface area contributed by atoms with Crippen molar-refractivity contribution in [2.75, 3.05) is 11.9 Å². The number of hydrogen-bond acceptors (Lipinski definition) is 5. The molecule has 0 amide bonds. The lowest BCUT2D eigenvalue weighted by atomic mass is 9.82. The van der Waals surface area contributed by atoms with Gasteiger partial charge in [0.05, 0.1) is 5.92 Å². The summed E-state index contributed by atoms with van der Waals surface area (Å²) in [7, 11) is 0. The van der Waals surface area contributed by atoms with E-state index in [1.54, 1.807) is 0 Å². The summed E-state index contributed by atoms with van der Waals surface area (Å²) in [5, 5.41) is 17.5. The average molecular weight is 268 g/mol. The molecule has 0 aromatic carbocycles. The van der Waals surface area contributed by atoms with Gasteiger partial charge in [0.2, 0.25) is 5.82 Å². The second-order valence-electron chi connectivity index (χ2n) is 4.79. The van der Waals surface area contributed by atoms with Gasteiger partial charge in [-0.25, -0.2) is 9.89 Å². The van der Waals surface area contributed by atoms with Gasteiger partial charge in [-0.15, -0.1) is 5.10 Å². The highest BCUT2D eigenvalue weighted by molar-refractivity contribution is 5.69. The van der Waals surface area contributed by atoms with E-state index in [1.807, 2.05) is 0 Å². The number of aromatic nitrogens is 3. The smallest absolute Gasteiger partial charge is 0.342 e. The molecule has 1 fully saturated rings. The van der Waals surface area contributed by atoms with Gasteiger partial charge in [-0.1, -0.05) is 0 Å². The first-order valence-corrected chi connectivity index (χ1v) is 6.22. The fourth-order valence-corrected chi connectivity index (χ4v) is 2.32. The fourth-order valence-electron chi connectivity index (χ4n) is 2.32. The number of carbonyl (C=O) groups is 1. The maximum atomic E-state index is 11.4. The van der Waals surface area contributed by atoms with Gasteiger partial charge >= 0.3 is 11.7 Å². The van der Waals surface area contributed by atoms with Crippen LogP contribution in [0.25, 0.3) is 0 Å². The van der Waals surface area contributed by atoms with Gasteiger partial charge in [-0.05, 0) is 31.6 Å². The van der Waals surface area contributed by atoms with Crippen molar-refractivity contribution in [3.8, 4) is 0 Å². The lowest BCUT2D eigenvalue weighted by molar-refractivity contribution is -0.143. The summed E-state index contributed by atoms with van der Waals surface area (Å²) in [4.78, 5) is 35.1. The summed E-state index contributed by atoms with van der Waals surface area (Å²) in [6.07, 6.45) is 2.95. The Labute approximate surface area is 108 Å². The molecule has 1 aromatic heterocycles. The standard InChI is InChI=1S/C11H16N4O4/c16-9-8(14-15-11(19)13-9)12-5-6-1-3-7(4-2-6)10(17)18/h6-7H,1-5H2,(H,12,14)(H,17,18)(H2,13,15,16,19). The third-order valence-corrected chi connectivity index (χ3v) is 3.47. The summed E-state index contributed by atoms with van der Waals surface area (Å²) in [5.74, 6) is -0.570. The van der Waals surface area contributed by atoms with Crippen molar-refractivity contribution in [1.29, 1.82) is 0 Å². The van der Waals surface area contributed by atoms with Gasteiger partial charge in [0.25, 0.3) is 5.56 Å². The number of aliphatic carboxylic acids is 1. The van der Waals surface area contributed by atoms with Crippen LogP contribution < -0.4 is 16.6 Å². The van der Waals surface area contributed by atoms with Crippen molar-refractivity contribution in [1.82, 2.24) is 15.2 Å². The van der Waals surface area contributed by atoms with Gasteiger partial charge in [0.15, 0.2) is 0 Å². The molecule has 2 rings (SSSR count). The van der Waals surface area contributed by atoms with E-state index in [0.29, 0.717) is 25.3 Å². The Hall–Kier alpha value is -2.12. The minimum absolute atomic E-state index is 0.0833. The number of carboxylic acid groups (broad SMARTS) is 1. The molecule has 1 heterocycles. The molecule has 0 bridgehead atoms. The zero-order chi connectivity index (χ0) is 13.8. The molecule has 8 nitrogen and oxygen atoms in total. The summed E-state index contributed by atoms with van der Waals surface area (Å²) in [6, 6.07) is 0. The van der Waals surface area contributed by atoms with E-state index in [2.05, 4.69) is 20.5 Å². The van der Waals surface area contributed by atoms with Crippen LogP contribution in [0.2, 0.25) is 0 Å². The molecule has 0 spiro atoms. The SMILES string of the molecule is O=C(O)C1CCC(CNc2n[nH]c(=O)[nH]c2=O)CC1. The molecule has 8 heteroatoms. The van der Waals surface area contributed by atoms with Crippen LogP contribution in [0.1, 0.15) is 25.7 Å². The van der Waals surface area contributed by atoms with Crippen molar-refractivity contribution in [2.24, 2.45) is 11.8 Å². The molecule has 0 unspecified atom stereocenters. The normalized spacial score (nSPS) is 22.9. The second kappa shape index (κ2) is 5.68. The van der Waals surface area contributed by atoms with E-state index >= 15 is 0 Å². The molecule has 19 heavy (non-hydrogen) atoms. The largest absolute Gasteiger partial charge is 0.481 e. The molecular formula is C11H16N4O4. The Bertz CT molecular complexity index is 556. The molecule has 1 saturated carbocycles. The monoisotopic (exact) mass is 268 g/mol. The molecule has 1 aromatic rings. The molecule has 0 atom stereocenters. The molecule has 1 aliphatic rings. The lowest BCUT2D eigenvalue weighted by Gasteiger charge is -2.26. The van der Waals surface area contributed by atoms with Crippen molar-refractivity contribution in [3.63, 3.8) is 0 Å². The Morgan fingerprint density at radius 1 is 1.32 bits per heavy atom. The van der Waals surface area contributed by atoms with E-state index in [-0.39, 0.29) is 11.7 Å². The predicted molar refractivity (Wildman–Crippen MR) is 67.1 cm³/mol. The van der Waals surface area contributed by atoms with Crippen LogP contribution >= 0.6 is 0 Å². The highest BCUT2D eigenvalue weighted by Gasteiger charge is 2.25. The summed E-state index contributed by atoms with van der Waals surface area (Å²) < 4.78 is 0. The van der Waals surface area contributed by atoms with Gasteiger partial charge in [-0.2, -0.15) is 0 Å². The van der Waals surface area contributed by atoms with Crippen LogP contribution in [0.4, 0.5) is 5.82 Å². The first-order chi connectivity index (χ1) is 9.06. The van der Waals surface area contributed by atoms with Crippen molar-refractivity contribution >= 4 is 11.8 Å². The highest BCUT2D eigenvalue weighted by Crippen LogP contribution is 2.28. The zero-order valence-corrected chi connectivity index (χ0v) is 10.3. The maximum Gasteiger partial charge on any atom is 0.342 e. The van der Waals surface area contributed by atoms with Crippen LogP contribution in [-0.4, -0.2) is 32.8 Å². The Morgan fingerprint density at radius 3 is 2.58 bits per heavy atom. The van der Waals surface area contributed by atoms with Crippen molar-refractivity contribution in [3.05, 3.63) is 20.8 Å². The summed E-state index contributed by atoms with van der Waals surface area (Å²) in [6.45, 7) is 0.550. The number of nitrogens with zero attached hydrogens (tertiary/aromatic N) is 1. The zero-order valence-electron chi connectivity index (χ0n) is 10.3. The average Bonchev–Trinajstić information content (AvgIpc) is 2.38. The lowest BCUT2D eigenvalue weighted by Crippen LogP contribution is -2.30. The number of nitrogens with one attached hydrogen (secondary N) is 3. The number of aromatic amines is 2. The summed E-state index contributed by atoms with van der Waals surface area (Å²) >= 11 is 0. The minimum Gasteiger partial charge on any atom is -0.481 e. The van der Waals surface area contributed by atoms with E-state index in [4.69, 9.17) is 5.11 Å². The van der Waals surface area contributed by atoms with E-state index in [9.17, 15) is 14.4 Å². The van der Waals surface area contributed by atoms with E-state index < -0.39 is 17.2 Å². The number of rotatable bonds is 4. The molecule has 0 radical (unpaired) electrons. The third kappa shape index (κ3) is 3.43. The second-order valence-corrected chi connectivity index (χ2v) is 4.79.